The summed E-state index contributed by atoms with van der Waals surface area (Å²) in [6.45, 7) is 1.93. The van der Waals surface area contributed by atoms with Crippen molar-refractivity contribution >= 4 is 23.7 Å². The van der Waals surface area contributed by atoms with E-state index in [9.17, 15) is 0 Å². The lowest BCUT2D eigenvalue weighted by atomic mass is 10.4. The highest BCUT2D eigenvalue weighted by molar-refractivity contribution is 5.51. The molecule has 0 radical (unpaired) electrons. The molecule has 0 saturated carbocycles. The van der Waals surface area contributed by atoms with Gasteiger partial charge >= 0.3 is 0 Å². The van der Waals surface area contributed by atoms with Crippen LogP contribution in [-0.2, 0) is 7.05 Å². The summed E-state index contributed by atoms with van der Waals surface area (Å²) in [6.07, 6.45) is 4.16. The van der Waals surface area contributed by atoms with Crippen molar-refractivity contribution in [3.63, 3.8) is 0 Å². The first-order chi connectivity index (χ1) is 9.20. The molecule has 1 aliphatic heterocycles. The first-order valence-electron chi connectivity index (χ1n) is 6.24. The summed E-state index contributed by atoms with van der Waals surface area (Å²) >= 11 is 0. The van der Waals surface area contributed by atoms with Crippen LogP contribution in [0.1, 0.15) is 12.8 Å². The highest BCUT2D eigenvalue weighted by Crippen LogP contribution is 2.19. The third kappa shape index (κ3) is 2.56. The maximum absolute atomic E-state index is 5.73. The number of hydrogen-bond donors (Lipinski definition) is 2. The molecule has 0 spiro atoms. The predicted molar refractivity (Wildman–Crippen MR) is 72.2 cm³/mol. The Bertz CT molecular complexity index is 572. The molecule has 1 saturated heterocycles. The van der Waals surface area contributed by atoms with Gasteiger partial charge in [0.15, 0.2) is 5.82 Å². The third-order valence-corrected chi connectivity index (χ3v) is 2.98. The number of hydrogen-bond acceptors (Lipinski definition) is 7. The highest BCUT2D eigenvalue weighted by atomic mass is 15.3. The summed E-state index contributed by atoms with van der Waals surface area (Å²) in [4.78, 5) is 14.8. The van der Waals surface area contributed by atoms with E-state index in [1.165, 1.54) is 0 Å². The summed E-state index contributed by atoms with van der Waals surface area (Å²) < 4.78 is 1.70. The summed E-state index contributed by atoms with van der Waals surface area (Å²) in [7, 11) is 1.85. The fourth-order valence-corrected chi connectivity index (χ4v) is 2.09. The largest absolute Gasteiger partial charge is 0.368 e. The SMILES string of the molecule is Cn1ccc(Nc2nc(N)nc(N3CCCC3)n2)n1. The summed E-state index contributed by atoms with van der Waals surface area (Å²) in [6, 6.07) is 1.84. The first-order valence-corrected chi connectivity index (χ1v) is 6.24. The van der Waals surface area contributed by atoms with Crippen LogP contribution >= 0.6 is 0 Å². The molecule has 3 N–H and O–H groups in total. The molecule has 1 fully saturated rings. The van der Waals surface area contributed by atoms with Crippen molar-refractivity contribution in [2.24, 2.45) is 7.05 Å². The molecule has 100 valence electrons. The maximum atomic E-state index is 5.73. The molecule has 8 heteroatoms. The van der Waals surface area contributed by atoms with Gasteiger partial charge in [-0.05, 0) is 12.8 Å². The minimum absolute atomic E-state index is 0.218. The van der Waals surface area contributed by atoms with Crippen LogP contribution in [0.3, 0.4) is 0 Å². The fourth-order valence-electron chi connectivity index (χ4n) is 2.09. The Morgan fingerprint density at radius 2 is 2.00 bits per heavy atom. The number of nitrogens with zero attached hydrogens (tertiary/aromatic N) is 6. The minimum atomic E-state index is 0.218. The van der Waals surface area contributed by atoms with Crippen molar-refractivity contribution < 1.29 is 0 Å². The van der Waals surface area contributed by atoms with Crippen LogP contribution in [0.25, 0.3) is 0 Å². The smallest absolute Gasteiger partial charge is 0.235 e. The van der Waals surface area contributed by atoms with Crippen molar-refractivity contribution in [3.05, 3.63) is 12.3 Å². The quantitative estimate of drug-likeness (QED) is 0.830. The Kier molecular flexibility index (Phi) is 2.90. The molecule has 0 bridgehead atoms. The number of nitrogens with one attached hydrogen (secondary N) is 1. The molecule has 3 rings (SSSR count). The average Bonchev–Trinajstić information content (AvgIpc) is 3.00. The van der Waals surface area contributed by atoms with E-state index >= 15 is 0 Å². The summed E-state index contributed by atoms with van der Waals surface area (Å²) in [5.74, 6) is 1.95. The summed E-state index contributed by atoms with van der Waals surface area (Å²) in [5, 5.41) is 7.24. The molecule has 0 atom stereocenters. The van der Waals surface area contributed by atoms with E-state index in [0.29, 0.717) is 17.7 Å². The van der Waals surface area contributed by atoms with E-state index in [2.05, 4.69) is 30.3 Å². The van der Waals surface area contributed by atoms with Crippen LogP contribution in [0.5, 0.6) is 0 Å². The normalized spacial score (nSPS) is 14.9. The molecule has 3 heterocycles. The third-order valence-electron chi connectivity index (χ3n) is 2.98. The van der Waals surface area contributed by atoms with Gasteiger partial charge in [0.05, 0.1) is 0 Å². The van der Waals surface area contributed by atoms with E-state index < -0.39 is 0 Å². The van der Waals surface area contributed by atoms with Crippen LogP contribution in [0.2, 0.25) is 0 Å². The standard InChI is InChI=1S/C11H16N8/c1-18-7-4-8(17-18)13-10-14-9(12)15-11(16-10)19-5-2-3-6-19/h4,7H,2-3,5-6H2,1H3,(H3,12,13,14,15,16,17). The van der Waals surface area contributed by atoms with Crippen LogP contribution in [0, 0.1) is 0 Å². The molecule has 2 aromatic rings. The van der Waals surface area contributed by atoms with Gasteiger partial charge in [0.2, 0.25) is 17.8 Å². The van der Waals surface area contributed by atoms with Gasteiger partial charge in [0.25, 0.3) is 0 Å². The van der Waals surface area contributed by atoms with Crippen molar-refractivity contribution in [2.75, 3.05) is 29.0 Å². The Morgan fingerprint density at radius 1 is 1.21 bits per heavy atom. The zero-order valence-corrected chi connectivity index (χ0v) is 10.7. The highest BCUT2D eigenvalue weighted by Gasteiger charge is 2.16. The molecular weight excluding hydrogens is 244 g/mol. The zero-order valence-electron chi connectivity index (χ0n) is 10.7. The van der Waals surface area contributed by atoms with Crippen molar-refractivity contribution in [1.29, 1.82) is 0 Å². The van der Waals surface area contributed by atoms with Crippen LogP contribution in [0.15, 0.2) is 12.3 Å². The maximum Gasteiger partial charge on any atom is 0.235 e. The Hall–Kier alpha value is -2.38. The van der Waals surface area contributed by atoms with Crippen LogP contribution in [0.4, 0.5) is 23.7 Å². The van der Waals surface area contributed by atoms with Gasteiger partial charge in [-0.3, -0.25) is 4.68 Å². The summed E-state index contributed by atoms with van der Waals surface area (Å²) in [5.41, 5.74) is 5.73. The van der Waals surface area contributed by atoms with Crippen molar-refractivity contribution in [2.45, 2.75) is 12.8 Å². The molecule has 1 aliphatic rings. The van der Waals surface area contributed by atoms with Crippen LogP contribution < -0.4 is 16.0 Å². The molecule has 19 heavy (non-hydrogen) atoms. The van der Waals surface area contributed by atoms with Gasteiger partial charge in [0.1, 0.15) is 0 Å². The van der Waals surface area contributed by atoms with Gasteiger partial charge in [0, 0.05) is 32.4 Å². The molecule has 0 aromatic carbocycles. The Labute approximate surface area is 110 Å². The van der Waals surface area contributed by atoms with Gasteiger partial charge < -0.3 is 16.0 Å². The van der Waals surface area contributed by atoms with E-state index in [0.717, 1.165) is 25.9 Å². The molecule has 2 aromatic heterocycles. The van der Waals surface area contributed by atoms with E-state index in [4.69, 9.17) is 5.73 Å². The van der Waals surface area contributed by atoms with Gasteiger partial charge in [-0.1, -0.05) is 0 Å². The average molecular weight is 260 g/mol. The molecule has 8 nitrogen and oxygen atoms in total. The van der Waals surface area contributed by atoms with Gasteiger partial charge in [-0.25, -0.2) is 0 Å². The molecular formula is C11H16N8. The fraction of sp³-hybridized carbons (Fsp3) is 0.455. The zero-order chi connectivity index (χ0) is 13.2. The number of rotatable bonds is 3. The van der Waals surface area contributed by atoms with E-state index in [1.54, 1.807) is 4.68 Å². The van der Waals surface area contributed by atoms with E-state index in [1.807, 2.05) is 19.3 Å². The number of nitrogen functional groups attached to an aromatic ring is 1. The number of aromatic nitrogens is 5. The van der Waals surface area contributed by atoms with Crippen molar-refractivity contribution in [1.82, 2.24) is 24.7 Å². The lowest BCUT2D eigenvalue weighted by Gasteiger charge is -2.15. The second kappa shape index (κ2) is 4.71. The first kappa shape index (κ1) is 11.7. The molecule has 0 unspecified atom stereocenters. The van der Waals surface area contributed by atoms with Crippen LogP contribution in [-0.4, -0.2) is 37.8 Å². The minimum Gasteiger partial charge on any atom is -0.368 e. The number of nitrogens with two attached hydrogens (primary N) is 1. The number of aryl methyl sites for hydroxylation is 1. The Balaban J connectivity index is 1.84. The second-order valence-electron chi connectivity index (χ2n) is 4.51. The predicted octanol–water partition coefficient (Wildman–Crippen LogP) is 0.531. The van der Waals surface area contributed by atoms with Gasteiger partial charge in [-0.15, -0.1) is 0 Å². The lowest BCUT2D eigenvalue weighted by molar-refractivity contribution is 0.770. The monoisotopic (exact) mass is 260 g/mol. The van der Waals surface area contributed by atoms with E-state index in [-0.39, 0.29) is 5.95 Å². The topological polar surface area (TPSA) is 97.8 Å². The number of anilines is 4. The molecule has 0 aliphatic carbocycles. The lowest BCUT2D eigenvalue weighted by Crippen LogP contribution is -2.22. The second-order valence-corrected chi connectivity index (χ2v) is 4.51. The molecule has 0 amide bonds. The van der Waals surface area contributed by atoms with Gasteiger partial charge in [-0.2, -0.15) is 20.1 Å². The Morgan fingerprint density at radius 3 is 2.68 bits per heavy atom. The van der Waals surface area contributed by atoms with Crippen molar-refractivity contribution in [3.8, 4) is 0 Å².